The number of phenolic OH excluding ortho intramolecular Hbond substituents is 2. The predicted octanol–water partition coefficient (Wildman–Crippen LogP) is 4.23. The molecule has 0 unspecified atom stereocenters. The lowest BCUT2D eigenvalue weighted by molar-refractivity contribution is -0.139. The van der Waals surface area contributed by atoms with Gasteiger partial charge in [-0.05, 0) is 48.0 Å². The molecule has 1 aliphatic rings. The molecular weight excluding hydrogens is 474 g/mol. The molecule has 0 aromatic heterocycles. The van der Waals surface area contributed by atoms with Crippen LogP contribution in [0.4, 0.5) is 5.69 Å². The molecule has 188 valence electrons. The molecule has 0 spiro atoms. The number of hydrogen-bond donors (Lipinski definition) is 3. The van der Waals surface area contributed by atoms with E-state index < -0.39 is 0 Å². The van der Waals surface area contributed by atoms with E-state index in [0.29, 0.717) is 46.7 Å². The topological polar surface area (TPSA) is 130 Å². The molecule has 0 atom stereocenters. The Kier molecular flexibility index (Phi) is 7.63. The number of aliphatic imine (C=N–C) groups is 2. The van der Waals surface area contributed by atoms with Crippen molar-refractivity contribution in [3.63, 3.8) is 0 Å². The summed E-state index contributed by atoms with van der Waals surface area (Å²) in [5.74, 6) is 0.663. The second kappa shape index (κ2) is 11.2. The Morgan fingerprint density at radius 3 is 2.35 bits per heavy atom. The van der Waals surface area contributed by atoms with Crippen molar-refractivity contribution in [1.29, 1.82) is 0 Å². The normalized spacial score (nSPS) is 13.0. The Balaban J connectivity index is 1.70. The third-order valence-corrected chi connectivity index (χ3v) is 5.67. The van der Waals surface area contributed by atoms with Gasteiger partial charge in [0.1, 0.15) is 29.4 Å². The average molecular weight is 500 g/mol. The fourth-order valence-corrected chi connectivity index (χ4v) is 3.71. The summed E-state index contributed by atoms with van der Waals surface area (Å²) in [5, 5.41) is 24.4. The summed E-state index contributed by atoms with van der Waals surface area (Å²) in [4.78, 5) is 32.0. The van der Waals surface area contributed by atoms with Crippen LogP contribution in [0.15, 0.2) is 82.5 Å². The zero-order chi connectivity index (χ0) is 26.4. The van der Waals surface area contributed by atoms with Gasteiger partial charge in [0.15, 0.2) is 5.84 Å². The maximum Gasteiger partial charge on any atom is 0.309 e. The Morgan fingerprint density at radius 2 is 1.70 bits per heavy atom. The molecule has 0 amide bonds. The Bertz CT molecular complexity index is 1420. The van der Waals surface area contributed by atoms with Crippen molar-refractivity contribution in [1.82, 2.24) is 0 Å². The van der Waals surface area contributed by atoms with Gasteiger partial charge in [-0.1, -0.05) is 18.2 Å². The van der Waals surface area contributed by atoms with Crippen LogP contribution >= 0.6 is 0 Å². The number of nitrogens with zero attached hydrogens (tertiary/aromatic N) is 2. The number of rotatable bonds is 8. The number of esters is 1. The first kappa shape index (κ1) is 25.2. The van der Waals surface area contributed by atoms with E-state index in [4.69, 9.17) is 9.47 Å². The minimum Gasteiger partial charge on any atom is -0.507 e. The molecule has 1 aliphatic heterocycles. The van der Waals surface area contributed by atoms with E-state index in [1.54, 1.807) is 24.3 Å². The highest BCUT2D eigenvalue weighted by atomic mass is 16.5. The third kappa shape index (κ3) is 6.02. The van der Waals surface area contributed by atoms with Crippen molar-refractivity contribution in [3.8, 4) is 17.2 Å². The van der Waals surface area contributed by atoms with Crippen LogP contribution in [0.1, 0.15) is 33.5 Å². The van der Waals surface area contributed by atoms with Gasteiger partial charge in [0, 0.05) is 29.3 Å². The fourth-order valence-electron chi connectivity index (χ4n) is 3.71. The number of phenols is 2. The lowest BCUT2D eigenvalue weighted by atomic mass is 10.0. The highest BCUT2D eigenvalue weighted by Gasteiger charge is 2.18. The summed E-state index contributed by atoms with van der Waals surface area (Å²) in [7, 11) is 2.86. The molecule has 0 saturated carbocycles. The highest BCUT2D eigenvalue weighted by Crippen LogP contribution is 2.28. The van der Waals surface area contributed by atoms with E-state index in [1.807, 2.05) is 30.3 Å². The molecule has 3 aromatic carbocycles. The molecule has 3 N–H and O–H groups in total. The van der Waals surface area contributed by atoms with E-state index in [0.717, 1.165) is 11.3 Å². The number of aldehydes is 1. The van der Waals surface area contributed by atoms with Crippen LogP contribution in [0.3, 0.4) is 0 Å². The van der Waals surface area contributed by atoms with Crippen molar-refractivity contribution < 1.29 is 29.3 Å². The van der Waals surface area contributed by atoms with Crippen molar-refractivity contribution in [3.05, 3.63) is 94.8 Å². The number of nitrogens with one attached hydrogen (secondary N) is 1. The van der Waals surface area contributed by atoms with E-state index in [1.165, 1.54) is 26.4 Å². The first-order chi connectivity index (χ1) is 17.9. The number of aromatic hydroxyl groups is 2. The smallest absolute Gasteiger partial charge is 0.309 e. The van der Waals surface area contributed by atoms with Crippen LogP contribution in [0.5, 0.6) is 17.2 Å². The number of amidine groups is 1. The second-order valence-corrected chi connectivity index (χ2v) is 8.14. The minimum atomic E-state index is -0.326. The van der Waals surface area contributed by atoms with Crippen LogP contribution in [-0.2, 0) is 16.0 Å². The third-order valence-electron chi connectivity index (χ3n) is 5.67. The number of allylic oxidation sites excluding steroid dienone is 1. The molecular formula is C28H25N3O6. The first-order valence-corrected chi connectivity index (χ1v) is 11.3. The number of hydrogen-bond acceptors (Lipinski definition) is 9. The number of methoxy groups -OCH3 is 2. The quantitative estimate of drug-likeness (QED) is 0.312. The molecule has 9 heteroatoms. The number of ether oxygens (including phenoxy) is 2. The largest absolute Gasteiger partial charge is 0.507 e. The standard InChI is InChI=1S/C28H25N3O6/c1-36-20-8-10-21(25(34)15-20)23-11-12-26(29-19-6-3-17(4-7-19)14-27(35)37-2)31-28(30-23)22-9-5-18(16-32)13-24(22)33/h3-10,12-13,15-16,29,33-34H,11,14H2,1-2H3. The molecule has 9 nitrogen and oxygen atoms in total. The monoisotopic (exact) mass is 499 g/mol. The van der Waals surface area contributed by atoms with Crippen LogP contribution in [0.2, 0.25) is 0 Å². The molecule has 3 aromatic rings. The predicted molar refractivity (Wildman–Crippen MR) is 140 cm³/mol. The van der Waals surface area contributed by atoms with Crippen LogP contribution in [0, 0.1) is 0 Å². The number of carbonyl (C=O) groups excluding carboxylic acids is 2. The van der Waals surface area contributed by atoms with Crippen molar-refractivity contribution in [2.24, 2.45) is 9.98 Å². The van der Waals surface area contributed by atoms with Gasteiger partial charge >= 0.3 is 5.97 Å². The first-order valence-electron chi connectivity index (χ1n) is 11.3. The van der Waals surface area contributed by atoms with Gasteiger partial charge in [-0.2, -0.15) is 0 Å². The number of anilines is 1. The average Bonchev–Trinajstić information content (AvgIpc) is 3.11. The summed E-state index contributed by atoms with van der Waals surface area (Å²) >= 11 is 0. The molecule has 37 heavy (non-hydrogen) atoms. The highest BCUT2D eigenvalue weighted by molar-refractivity contribution is 6.15. The number of carbonyl (C=O) groups is 2. The van der Waals surface area contributed by atoms with Gasteiger partial charge in [0.05, 0.1) is 31.9 Å². The Hall–Kier alpha value is -4.92. The Morgan fingerprint density at radius 1 is 0.973 bits per heavy atom. The van der Waals surface area contributed by atoms with Gasteiger partial charge in [0.2, 0.25) is 0 Å². The minimum absolute atomic E-state index is 0.0102. The zero-order valence-electron chi connectivity index (χ0n) is 20.3. The fraction of sp³-hybridized carbons (Fsp3) is 0.143. The summed E-state index contributed by atoms with van der Waals surface area (Å²) < 4.78 is 9.88. The van der Waals surface area contributed by atoms with Gasteiger partial charge in [-0.25, -0.2) is 9.98 Å². The van der Waals surface area contributed by atoms with Crippen LogP contribution in [0.25, 0.3) is 0 Å². The summed E-state index contributed by atoms with van der Waals surface area (Å²) in [6.07, 6.45) is 2.94. The summed E-state index contributed by atoms with van der Waals surface area (Å²) in [6, 6.07) is 16.6. The summed E-state index contributed by atoms with van der Waals surface area (Å²) in [6.45, 7) is 0. The molecule has 1 heterocycles. The van der Waals surface area contributed by atoms with E-state index in [2.05, 4.69) is 15.3 Å². The molecule has 4 rings (SSSR count). The van der Waals surface area contributed by atoms with Crippen LogP contribution < -0.4 is 10.1 Å². The van der Waals surface area contributed by atoms with Gasteiger partial charge in [-0.15, -0.1) is 0 Å². The second-order valence-electron chi connectivity index (χ2n) is 8.14. The van der Waals surface area contributed by atoms with E-state index in [-0.39, 0.29) is 29.7 Å². The molecule has 0 radical (unpaired) electrons. The Labute approximate surface area is 213 Å². The maximum absolute atomic E-state index is 11.5. The SMILES string of the molecule is COC(=O)Cc1ccc(NC2=CCC(c3ccc(OC)cc3O)=NC(c3ccc(C=O)cc3O)=N2)cc1. The lowest BCUT2D eigenvalue weighted by Gasteiger charge is -2.10. The van der Waals surface area contributed by atoms with Crippen molar-refractivity contribution >= 4 is 29.5 Å². The van der Waals surface area contributed by atoms with Crippen LogP contribution in [-0.4, -0.2) is 48.2 Å². The zero-order valence-corrected chi connectivity index (χ0v) is 20.3. The number of benzene rings is 3. The van der Waals surface area contributed by atoms with Crippen molar-refractivity contribution in [2.45, 2.75) is 12.8 Å². The summed E-state index contributed by atoms with van der Waals surface area (Å²) in [5.41, 5.74) is 3.16. The van der Waals surface area contributed by atoms with Gasteiger partial charge in [0.25, 0.3) is 0 Å². The molecule has 0 aliphatic carbocycles. The van der Waals surface area contributed by atoms with Crippen molar-refractivity contribution in [2.75, 3.05) is 19.5 Å². The van der Waals surface area contributed by atoms with Gasteiger partial charge < -0.3 is 25.0 Å². The maximum atomic E-state index is 11.5. The lowest BCUT2D eigenvalue weighted by Crippen LogP contribution is -2.06. The van der Waals surface area contributed by atoms with E-state index >= 15 is 0 Å². The van der Waals surface area contributed by atoms with Gasteiger partial charge in [-0.3, -0.25) is 9.59 Å². The molecule has 0 bridgehead atoms. The molecule has 0 saturated heterocycles. The van der Waals surface area contributed by atoms with E-state index in [9.17, 15) is 19.8 Å². The molecule has 0 fully saturated rings.